The SMILES string of the molecule is C=CCC.CO[SiH2]OC. The Morgan fingerprint density at radius 2 is 1.78 bits per heavy atom. The number of rotatable bonds is 3. The number of allylic oxidation sites excluding steroid dienone is 1. The second-order valence-electron chi connectivity index (χ2n) is 1.39. The molecule has 9 heavy (non-hydrogen) atoms. The summed E-state index contributed by atoms with van der Waals surface area (Å²) in [6.07, 6.45) is 2.96. The highest BCUT2D eigenvalue weighted by atomic mass is 28.3. The molecule has 0 bridgehead atoms. The summed E-state index contributed by atoms with van der Waals surface area (Å²) in [5.74, 6) is 0. The van der Waals surface area contributed by atoms with Crippen LogP contribution in [0.4, 0.5) is 0 Å². The van der Waals surface area contributed by atoms with Gasteiger partial charge in [-0.05, 0) is 6.42 Å². The second kappa shape index (κ2) is 15.7. The molecule has 0 amide bonds. The fourth-order valence-electron chi connectivity index (χ4n) is 0.118. The summed E-state index contributed by atoms with van der Waals surface area (Å²) < 4.78 is 9.22. The summed E-state index contributed by atoms with van der Waals surface area (Å²) in [7, 11) is 2.73. The molecule has 0 saturated carbocycles. The van der Waals surface area contributed by atoms with E-state index in [2.05, 4.69) is 22.4 Å². The third kappa shape index (κ3) is 32.9. The van der Waals surface area contributed by atoms with Gasteiger partial charge in [0.25, 0.3) is 0 Å². The lowest BCUT2D eigenvalue weighted by atomic mass is 10.5. The topological polar surface area (TPSA) is 18.5 Å². The van der Waals surface area contributed by atoms with Crippen molar-refractivity contribution in [2.24, 2.45) is 0 Å². The van der Waals surface area contributed by atoms with E-state index in [4.69, 9.17) is 0 Å². The van der Waals surface area contributed by atoms with Crippen LogP contribution in [-0.2, 0) is 8.85 Å². The van der Waals surface area contributed by atoms with E-state index < -0.39 is 10.0 Å². The molecule has 0 aromatic carbocycles. The number of hydrogen-bond donors (Lipinski definition) is 0. The largest absolute Gasteiger partial charge is 0.402 e. The van der Waals surface area contributed by atoms with E-state index in [1.165, 1.54) is 0 Å². The van der Waals surface area contributed by atoms with Gasteiger partial charge in [0.15, 0.2) is 0 Å². The summed E-state index contributed by atoms with van der Waals surface area (Å²) in [5, 5.41) is 0. The molecule has 0 spiro atoms. The zero-order valence-electron chi connectivity index (χ0n) is 6.52. The molecule has 0 aromatic heterocycles. The van der Waals surface area contributed by atoms with Crippen LogP contribution >= 0.6 is 0 Å². The maximum absolute atomic E-state index is 4.61. The molecule has 0 aliphatic heterocycles. The van der Waals surface area contributed by atoms with Crippen molar-refractivity contribution in [2.75, 3.05) is 14.2 Å². The van der Waals surface area contributed by atoms with E-state index in [-0.39, 0.29) is 0 Å². The quantitative estimate of drug-likeness (QED) is 0.436. The van der Waals surface area contributed by atoms with Gasteiger partial charge < -0.3 is 8.85 Å². The van der Waals surface area contributed by atoms with Crippen molar-refractivity contribution in [2.45, 2.75) is 13.3 Å². The van der Waals surface area contributed by atoms with E-state index in [1.54, 1.807) is 14.2 Å². The van der Waals surface area contributed by atoms with Crippen LogP contribution in [0.15, 0.2) is 12.7 Å². The van der Waals surface area contributed by atoms with Gasteiger partial charge in [0.05, 0.1) is 0 Å². The van der Waals surface area contributed by atoms with Crippen LogP contribution in [0, 0.1) is 0 Å². The van der Waals surface area contributed by atoms with Gasteiger partial charge >= 0.3 is 10.0 Å². The maximum Gasteiger partial charge on any atom is 0.303 e. The average molecular weight is 148 g/mol. The Morgan fingerprint density at radius 1 is 1.44 bits per heavy atom. The zero-order chi connectivity index (χ0) is 7.54. The lowest BCUT2D eigenvalue weighted by Crippen LogP contribution is -1.93. The normalized spacial score (nSPS) is 7.44. The zero-order valence-corrected chi connectivity index (χ0v) is 7.93. The smallest absolute Gasteiger partial charge is 0.303 e. The van der Waals surface area contributed by atoms with E-state index in [1.807, 2.05) is 6.08 Å². The minimum Gasteiger partial charge on any atom is -0.402 e. The molecule has 0 N–H and O–H groups in total. The lowest BCUT2D eigenvalue weighted by Gasteiger charge is -1.86. The predicted molar refractivity (Wildman–Crippen MR) is 43.1 cm³/mol. The molecule has 3 heteroatoms. The standard InChI is InChI=1S/C4H8.C2H8O2Si/c1-3-4-2;1-3-5-4-2/h3H,1,4H2,2H3;5H2,1-2H3. The lowest BCUT2D eigenvalue weighted by molar-refractivity contribution is 0.309. The van der Waals surface area contributed by atoms with Crippen LogP contribution in [0.3, 0.4) is 0 Å². The Kier molecular flexibility index (Phi) is 20.3. The van der Waals surface area contributed by atoms with Crippen molar-refractivity contribution in [1.82, 2.24) is 0 Å². The fraction of sp³-hybridized carbons (Fsp3) is 0.667. The molecule has 0 heterocycles. The Hall–Kier alpha value is -0.123. The molecule has 0 aliphatic carbocycles. The summed E-state index contributed by atoms with van der Waals surface area (Å²) >= 11 is 0. The van der Waals surface area contributed by atoms with Gasteiger partial charge in [0.1, 0.15) is 0 Å². The predicted octanol–water partition coefficient (Wildman–Crippen LogP) is 0.860. The monoisotopic (exact) mass is 148 g/mol. The van der Waals surface area contributed by atoms with Crippen molar-refractivity contribution in [3.05, 3.63) is 12.7 Å². The Bertz CT molecular complexity index is 46.3. The molecule has 0 radical (unpaired) electrons. The highest BCUT2D eigenvalue weighted by molar-refractivity contribution is 6.17. The molecule has 0 atom stereocenters. The van der Waals surface area contributed by atoms with Crippen LogP contribution in [-0.4, -0.2) is 24.2 Å². The fourth-order valence-corrected chi connectivity index (χ4v) is 0.354. The summed E-state index contributed by atoms with van der Waals surface area (Å²) in [4.78, 5) is 0. The summed E-state index contributed by atoms with van der Waals surface area (Å²) in [5.41, 5.74) is 0. The van der Waals surface area contributed by atoms with Gasteiger partial charge in [0.2, 0.25) is 0 Å². The summed E-state index contributed by atoms with van der Waals surface area (Å²) in [6.45, 7) is 5.54. The van der Waals surface area contributed by atoms with Gasteiger partial charge in [-0.15, -0.1) is 6.58 Å². The molecule has 56 valence electrons. The van der Waals surface area contributed by atoms with Crippen molar-refractivity contribution < 1.29 is 8.85 Å². The van der Waals surface area contributed by atoms with Crippen LogP contribution in [0.25, 0.3) is 0 Å². The maximum atomic E-state index is 4.61. The highest BCUT2D eigenvalue weighted by Gasteiger charge is 1.67. The Morgan fingerprint density at radius 3 is 1.78 bits per heavy atom. The molecular formula is C6H16O2Si. The highest BCUT2D eigenvalue weighted by Crippen LogP contribution is 1.66. The van der Waals surface area contributed by atoms with Crippen LogP contribution in [0.1, 0.15) is 13.3 Å². The molecular weight excluding hydrogens is 132 g/mol. The minimum atomic E-state index is -0.568. The molecule has 0 unspecified atom stereocenters. The molecule has 0 aromatic rings. The van der Waals surface area contributed by atoms with Crippen LogP contribution < -0.4 is 0 Å². The van der Waals surface area contributed by atoms with E-state index in [0.717, 1.165) is 6.42 Å². The average Bonchev–Trinajstić information content (AvgIpc) is 1.91. The van der Waals surface area contributed by atoms with Crippen molar-refractivity contribution in [1.29, 1.82) is 0 Å². The third-order valence-corrected chi connectivity index (χ3v) is 0.996. The first-order valence-electron chi connectivity index (χ1n) is 2.92. The van der Waals surface area contributed by atoms with Gasteiger partial charge in [-0.3, -0.25) is 0 Å². The first-order chi connectivity index (χ1) is 4.33. The van der Waals surface area contributed by atoms with Crippen molar-refractivity contribution >= 4 is 10.0 Å². The van der Waals surface area contributed by atoms with Crippen molar-refractivity contribution in [3.63, 3.8) is 0 Å². The van der Waals surface area contributed by atoms with Gasteiger partial charge in [-0.25, -0.2) is 0 Å². The first-order valence-corrected chi connectivity index (χ1v) is 4.07. The van der Waals surface area contributed by atoms with Crippen LogP contribution in [0.5, 0.6) is 0 Å². The van der Waals surface area contributed by atoms with Gasteiger partial charge in [0, 0.05) is 14.2 Å². The van der Waals surface area contributed by atoms with Crippen LogP contribution in [0.2, 0.25) is 0 Å². The van der Waals surface area contributed by atoms with E-state index in [0.29, 0.717) is 0 Å². The first kappa shape index (κ1) is 11.6. The van der Waals surface area contributed by atoms with E-state index in [9.17, 15) is 0 Å². The minimum absolute atomic E-state index is 0.568. The Labute approximate surface area is 59.9 Å². The molecule has 2 nitrogen and oxygen atoms in total. The Balaban J connectivity index is 0. The van der Waals surface area contributed by atoms with Gasteiger partial charge in [-0.2, -0.15) is 0 Å². The van der Waals surface area contributed by atoms with E-state index >= 15 is 0 Å². The molecule has 0 fully saturated rings. The second-order valence-corrected chi connectivity index (χ2v) is 2.78. The molecule has 0 aliphatic rings. The summed E-state index contributed by atoms with van der Waals surface area (Å²) in [6, 6.07) is 0. The third-order valence-electron chi connectivity index (χ3n) is 0.524. The molecule has 0 saturated heterocycles. The molecule has 0 rings (SSSR count). The van der Waals surface area contributed by atoms with Gasteiger partial charge in [-0.1, -0.05) is 13.0 Å². The van der Waals surface area contributed by atoms with Crippen molar-refractivity contribution in [3.8, 4) is 0 Å². The number of hydrogen-bond acceptors (Lipinski definition) is 2.